The Morgan fingerprint density at radius 3 is 2.60 bits per heavy atom. The molecule has 0 radical (unpaired) electrons. The van der Waals surface area contributed by atoms with Crippen LogP contribution in [-0.4, -0.2) is 17.4 Å². The number of benzene rings is 1. The van der Waals surface area contributed by atoms with Gasteiger partial charge in [0.05, 0.1) is 10.4 Å². The average molecular weight is 288 g/mol. The zero-order valence-corrected chi connectivity index (χ0v) is 12.8. The SMILES string of the molecule is CC1(C)C(=O)N(CC2(CC(N)=S)CC2)c2ccccc21. The molecule has 3 nitrogen and oxygen atoms in total. The third-order valence-corrected chi connectivity index (χ3v) is 4.79. The van der Waals surface area contributed by atoms with Gasteiger partial charge in [-0.3, -0.25) is 4.79 Å². The van der Waals surface area contributed by atoms with Crippen molar-refractivity contribution in [2.75, 3.05) is 11.4 Å². The first-order valence-electron chi connectivity index (χ1n) is 7.06. The number of nitrogens with two attached hydrogens (primary N) is 1. The van der Waals surface area contributed by atoms with E-state index in [9.17, 15) is 4.79 Å². The normalized spacial score (nSPS) is 21.7. The zero-order valence-electron chi connectivity index (χ0n) is 12.0. The minimum absolute atomic E-state index is 0.120. The standard InChI is InChI=1S/C16H20N2OS/c1-15(2)11-5-3-4-6-12(11)18(14(15)19)10-16(7-8-16)9-13(17)20/h3-6H,7-10H2,1-2H3,(H2,17,20). The highest BCUT2D eigenvalue weighted by Crippen LogP contribution is 2.52. The largest absolute Gasteiger partial charge is 0.393 e. The van der Waals surface area contributed by atoms with Gasteiger partial charge in [-0.15, -0.1) is 0 Å². The van der Waals surface area contributed by atoms with Gasteiger partial charge >= 0.3 is 0 Å². The van der Waals surface area contributed by atoms with Crippen LogP contribution in [0.4, 0.5) is 5.69 Å². The van der Waals surface area contributed by atoms with E-state index in [1.165, 1.54) is 0 Å². The second kappa shape index (κ2) is 4.29. The van der Waals surface area contributed by atoms with E-state index in [-0.39, 0.29) is 11.3 Å². The molecule has 0 aromatic heterocycles. The molecule has 3 rings (SSSR count). The van der Waals surface area contributed by atoms with Crippen molar-refractivity contribution in [3.05, 3.63) is 29.8 Å². The lowest BCUT2D eigenvalue weighted by molar-refractivity contribution is -0.122. The van der Waals surface area contributed by atoms with E-state index in [1.807, 2.05) is 36.9 Å². The number of hydrogen-bond acceptors (Lipinski definition) is 2. The summed E-state index contributed by atoms with van der Waals surface area (Å²) in [5.41, 5.74) is 7.56. The molecule has 1 aromatic carbocycles. The molecule has 0 unspecified atom stereocenters. The second-order valence-electron chi connectivity index (χ2n) is 6.68. The Labute approximate surface area is 125 Å². The quantitative estimate of drug-likeness (QED) is 0.867. The summed E-state index contributed by atoms with van der Waals surface area (Å²) in [6.45, 7) is 4.74. The lowest BCUT2D eigenvalue weighted by atomic mass is 9.86. The van der Waals surface area contributed by atoms with Gasteiger partial charge in [-0.2, -0.15) is 0 Å². The zero-order chi connectivity index (χ0) is 14.5. The van der Waals surface area contributed by atoms with Crippen LogP contribution in [0.25, 0.3) is 0 Å². The van der Waals surface area contributed by atoms with Crippen LogP contribution in [0.2, 0.25) is 0 Å². The molecule has 1 fully saturated rings. The number of rotatable bonds is 4. The highest BCUT2D eigenvalue weighted by molar-refractivity contribution is 7.80. The molecular weight excluding hydrogens is 268 g/mol. The molecule has 106 valence electrons. The second-order valence-corrected chi connectivity index (χ2v) is 7.20. The van der Waals surface area contributed by atoms with Gasteiger partial charge in [0.1, 0.15) is 0 Å². The van der Waals surface area contributed by atoms with Crippen LogP contribution in [0, 0.1) is 5.41 Å². The van der Waals surface area contributed by atoms with Gasteiger partial charge in [0.25, 0.3) is 0 Å². The molecule has 2 N–H and O–H groups in total. The number of thiocarbonyl (C=S) groups is 1. The molecule has 20 heavy (non-hydrogen) atoms. The van der Waals surface area contributed by atoms with Crippen molar-refractivity contribution in [2.24, 2.45) is 11.1 Å². The smallest absolute Gasteiger partial charge is 0.237 e. The number of carbonyl (C=O) groups is 1. The van der Waals surface area contributed by atoms with Crippen LogP contribution in [0.5, 0.6) is 0 Å². The predicted molar refractivity (Wildman–Crippen MR) is 84.9 cm³/mol. The van der Waals surface area contributed by atoms with E-state index in [0.717, 1.165) is 37.1 Å². The first-order chi connectivity index (χ1) is 9.36. The number of fused-ring (bicyclic) bond motifs is 1. The Balaban J connectivity index is 1.92. The van der Waals surface area contributed by atoms with E-state index in [0.29, 0.717) is 4.99 Å². The lowest BCUT2D eigenvalue weighted by Crippen LogP contribution is -2.40. The molecule has 0 atom stereocenters. The summed E-state index contributed by atoms with van der Waals surface area (Å²) in [6.07, 6.45) is 2.96. The number of amides is 1. The molecule has 1 saturated carbocycles. The maximum Gasteiger partial charge on any atom is 0.237 e. The Morgan fingerprint density at radius 1 is 1.35 bits per heavy atom. The Morgan fingerprint density at radius 2 is 2.00 bits per heavy atom. The fourth-order valence-corrected chi connectivity index (χ4v) is 3.54. The van der Waals surface area contributed by atoms with E-state index >= 15 is 0 Å². The van der Waals surface area contributed by atoms with Crippen LogP contribution in [0.1, 0.15) is 38.7 Å². The van der Waals surface area contributed by atoms with Crippen LogP contribution in [-0.2, 0) is 10.2 Å². The van der Waals surface area contributed by atoms with Crippen molar-refractivity contribution < 1.29 is 4.79 Å². The molecular formula is C16H20N2OS. The summed E-state index contributed by atoms with van der Waals surface area (Å²) in [7, 11) is 0. The lowest BCUT2D eigenvalue weighted by Gasteiger charge is -2.25. The van der Waals surface area contributed by atoms with Crippen molar-refractivity contribution in [2.45, 2.75) is 38.5 Å². The van der Waals surface area contributed by atoms with Crippen molar-refractivity contribution in [1.29, 1.82) is 0 Å². The number of hydrogen-bond donors (Lipinski definition) is 1. The van der Waals surface area contributed by atoms with Gasteiger partial charge < -0.3 is 10.6 Å². The van der Waals surface area contributed by atoms with Gasteiger partial charge in [-0.05, 0) is 43.7 Å². The van der Waals surface area contributed by atoms with Crippen molar-refractivity contribution >= 4 is 28.8 Å². The van der Waals surface area contributed by atoms with E-state index in [2.05, 4.69) is 6.07 Å². The fraction of sp³-hybridized carbons (Fsp3) is 0.500. The summed E-state index contributed by atoms with van der Waals surface area (Å²) in [5.74, 6) is 0.188. The van der Waals surface area contributed by atoms with Crippen LogP contribution in [0.3, 0.4) is 0 Å². The van der Waals surface area contributed by atoms with Gasteiger partial charge in [0.2, 0.25) is 5.91 Å². The predicted octanol–water partition coefficient (Wildman–Crippen LogP) is 2.77. The first-order valence-corrected chi connectivity index (χ1v) is 7.46. The number of anilines is 1. The number of carbonyl (C=O) groups excluding carboxylic acids is 1. The number of para-hydroxylation sites is 1. The third kappa shape index (κ3) is 2.03. The Bertz CT molecular complexity index is 590. The molecule has 1 amide bonds. The molecule has 0 spiro atoms. The maximum atomic E-state index is 12.7. The van der Waals surface area contributed by atoms with E-state index < -0.39 is 5.41 Å². The van der Waals surface area contributed by atoms with E-state index in [4.69, 9.17) is 18.0 Å². The molecule has 0 bridgehead atoms. The first kappa shape index (κ1) is 13.6. The average Bonchev–Trinajstić information content (AvgIpc) is 3.10. The molecule has 4 heteroatoms. The maximum absolute atomic E-state index is 12.7. The minimum atomic E-state index is -0.435. The molecule has 1 aromatic rings. The van der Waals surface area contributed by atoms with Gasteiger partial charge in [0.15, 0.2) is 0 Å². The summed E-state index contributed by atoms with van der Waals surface area (Å²) >= 11 is 5.05. The summed E-state index contributed by atoms with van der Waals surface area (Å²) < 4.78 is 0. The summed E-state index contributed by atoms with van der Waals surface area (Å²) in [4.78, 5) is 15.2. The van der Waals surface area contributed by atoms with Crippen LogP contribution >= 0.6 is 12.2 Å². The highest BCUT2D eigenvalue weighted by atomic mass is 32.1. The number of nitrogens with zero attached hydrogens (tertiary/aromatic N) is 1. The van der Waals surface area contributed by atoms with Crippen molar-refractivity contribution in [3.8, 4) is 0 Å². The van der Waals surface area contributed by atoms with Gasteiger partial charge in [-0.1, -0.05) is 30.4 Å². The topological polar surface area (TPSA) is 46.3 Å². The highest BCUT2D eigenvalue weighted by Gasteiger charge is 2.50. The van der Waals surface area contributed by atoms with E-state index in [1.54, 1.807) is 0 Å². The summed E-state index contributed by atoms with van der Waals surface area (Å²) in [6, 6.07) is 8.09. The monoisotopic (exact) mass is 288 g/mol. The minimum Gasteiger partial charge on any atom is -0.393 e. The van der Waals surface area contributed by atoms with Crippen LogP contribution in [0.15, 0.2) is 24.3 Å². The van der Waals surface area contributed by atoms with Crippen LogP contribution < -0.4 is 10.6 Å². The molecule has 2 aliphatic rings. The fourth-order valence-electron chi connectivity index (χ4n) is 3.23. The molecule has 1 aliphatic carbocycles. The summed E-state index contributed by atoms with van der Waals surface area (Å²) in [5, 5.41) is 0. The Kier molecular flexibility index (Phi) is 2.91. The molecule has 0 saturated heterocycles. The molecule has 1 aliphatic heterocycles. The third-order valence-electron chi connectivity index (χ3n) is 4.65. The molecule has 1 heterocycles. The van der Waals surface area contributed by atoms with Gasteiger partial charge in [-0.25, -0.2) is 0 Å². The Hall–Kier alpha value is -1.42. The van der Waals surface area contributed by atoms with Crippen molar-refractivity contribution in [1.82, 2.24) is 0 Å². The van der Waals surface area contributed by atoms with Gasteiger partial charge in [0, 0.05) is 18.7 Å². The van der Waals surface area contributed by atoms with Crippen molar-refractivity contribution in [3.63, 3.8) is 0 Å².